The third kappa shape index (κ3) is 3.52. The summed E-state index contributed by atoms with van der Waals surface area (Å²) in [4.78, 5) is 15.6. The number of carbonyl (C=O) groups is 1. The molecular weight excluding hydrogens is 332 g/mol. The average molecular weight is 345 g/mol. The Morgan fingerprint density at radius 3 is 2.68 bits per heavy atom. The Bertz CT molecular complexity index is 905. The molecule has 25 heavy (non-hydrogen) atoms. The number of ether oxygens (including phenoxy) is 1. The normalized spacial score (nSPS) is 12.0. The van der Waals surface area contributed by atoms with E-state index < -0.39 is 17.9 Å². The summed E-state index contributed by atoms with van der Waals surface area (Å²) in [6.07, 6.45) is 0. The number of carbonyl (C=O) groups excluding carboxylic acids is 1. The summed E-state index contributed by atoms with van der Waals surface area (Å²) >= 11 is 0. The quantitative estimate of drug-likeness (QED) is 0.377. The van der Waals surface area contributed by atoms with Gasteiger partial charge in [0.25, 0.3) is 5.89 Å². The van der Waals surface area contributed by atoms with Crippen molar-refractivity contribution in [1.29, 1.82) is 0 Å². The molecule has 0 amide bonds. The number of oxazole rings is 1. The smallest absolute Gasteiger partial charge is 0.436 e. The predicted octanol–water partition coefficient (Wildman–Crippen LogP) is 4.84. The van der Waals surface area contributed by atoms with Crippen molar-refractivity contribution in [2.24, 2.45) is 10.2 Å². The monoisotopic (exact) mass is 345 g/mol. The number of halogens is 2. The first-order valence-electron chi connectivity index (χ1n) is 7.44. The Morgan fingerprint density at radius 1 is 1.20 bits per heavy atom. The molecular formula is C17H13F2N3O3. The molecule has 8 heteroatoms. The SMILES string of the molecule is CCOC(=O)c1ccccc1N=NC(F)(F)c1nc2ccccc2o1. The van der Waals surface area contributed by atoms with Crippen LogP contribution in [-0.4, -0.2) is 17.6 Å². The first-order chi connectivity index (χ1) is 12.0. The van der Waals surface area contributed by atoms with Gasteiger partial charge in [-0.05, 0) is 31.2 Å². The molecule has 0 atom stereocenters. The van der Waals surface area contributed by atoms with E-state index in [1.54, 1.807) is 37.3 Å². The lowest BCUT2D eigenvalue weighted by molar-refractivity contribution is -0.0272. The second-order valence-electron chi connectivity index (χ2n) is 4.97. The number of nitrogens with zero attached hydrogens (tertiary/aromatic N) is 3. The van der Waals surface area contributed by atoms with Gasteiger partial charge in [0.15, 0.2) is 5.58 Å². The lowest BCUT2D eigenvalue weighted by Gasteiger charge is -2.06. The maximum atomic E-state index is 14.2. The molecule has 0 fully saturated rings. The molecule has 1 heterocycles. The van der Waals surface area contributed by atoms with Gasteiger partial charge < -0.3 is 9.15 Å². The predicted molar refractivity (Wildman–Crippen MR) is 84.8 cm³/mol. The minimum absolute atomic E-state index is 0.0308. The number of hydrogen-bond acceptors (Lipinski definition) is 6. The van der Waals surface area contributed by atoms with Crippen molar-refractivity contribution in [3.05, 3.63) is 60.0 Å². The van der Waals surface area contributed by atoms with Crippen LogP contribution in [0.15, 0.2) is 63.2 Å². The molecule has 1 aromatic heterocycles. The molecule has 0 aliphatic rings. The highest BCUT2D eigenvalue weighted by Gasteiger charge is 2.38. The van der Waals surface area contributed by atoms with E-state index in [-0.39, 0.29) is 23.4 Å². The van der Waals surface area contributed by atoms with Crippen LogP contribution in [0.2, 0.25) is 0 Å². The van der Waals surface area contributed by atoms with Crippen LogP contribution in [0.3, 0.4) is 0 Å². The molecule has 0 spiro atoms. The number of fused-ring (bicyclic) bond motifs is 1. The van der Waals surface area contributed by atoms with Gasteiger partial charge in [-0.2, -0.15) is 8.78 Å². The van der Waals surface area contributed by atoms with E-state index in [4.69, 9.17) is 9.15 Å². The fraction of sp³-hybridized carbons (Fsp3) is 0.176. The number of benzene rings is 2. The zero-order valence-corrected chi connectivity index (χ0v) is 13.1. The molecule has 0 aliphatic carbocycles. The molecule has 0 radical (unpaired) electrons. The third-order valence-electron chi connectivity index (χ3n) is 3.23. The Balaban J connectivity index is 1.91. The highest BCUT2D eigenvalue weighted by Crippen LogP contribution is 2.33. The Labute approximate surface area is 141 Å². The summed E-state index contributed by atoms with van der Waals surface area (Å²) < 4.78 is 38.4. The summed E-state index contributed by atoms with van der Waals surface area (Å²) in [5.74, 6) is -1.53. The van der Waals surface area contributed by atoms with Crippen molar-refractivity contribution in [2.75, 3.05) is 6.61 Å². The number of hydrogen-bond donors (Lipinski definition) is 0. The highest BCUT2D eigenvalue weighted by molar-refractivity contribution is 5.94. The molecule has 0 aliphatic heterocycles. The second-order valence-corrected chi connectivity index (χ2v) is 4.97. The van der Waals surface area contributed by atoms with Gasteiger partial charge in [-0.1, -0.05) is 24.3 Å². The lowest BCUT2D eigenvalue weighted by Crippen LogP contribution is -2.09. The molecule has 3 aromatic rings. The molecule has 6 nitrogen and oxygen atoms in total. The Hall–Kier alpha value is -3.16. The van der Waals surface area contributed by atoms with E-state index >= 15 is 0 Å². The molecule has 3 rings (SSSR count). The van der Waals surface area contributed by atoms with E-state index in [1.165, 1.54) is 18.2 Å². The minimum Gasteiger partial charge on any atom is -0.462 e. The zero-order chi connectivity index (χ0) is 17.9. The van der Waals surface area contributed by atoms with Gasteiger partial charge in [-0.25, -0.2) is 9.78 Å². The van der Waals surface area contributed by atoms with Crippen molar-refractivity contribution in [1.82, 2.24) is 4.98 Å². The summed E-state index contributed by atoms with van der Waals surface area (Å²) in [7, 11) is 0. The number of para-hydroxylation sites is 2. The van der Waals surface area contributed by atoms with Crippen LogP contribution < -0.4 is 0 Å². The topological polar surface area (TPSA) is 77.0 Å². The Kier molecular flexibility index (Phi) is 4.51. The Morgan fingerprint density at radius 2 is 1.92 bits per heavy atom. The van der Waals surface area contributed by atoms with Crippen LogP contribution in [-0.2, 0) is 10.8 Å². The fourth-order valence-corrected chi connectivity index (χ4v) is 2.10. The minimum atomic E-state index is -3.78. The van der Waals surface area contributed by atoms with Crippen LogP contribution in [0.1, 0.15) is 23.2 Å². The third-order valence-corrected chi connectivity index (χ3v) is 3.23. The standard InChI is InChI=1S/C17H13F2N3O3/c1-2-24-15(23)11-7-3-4-8-12(11)21-22-17(18,19)16-20-13-9-5-6-10-14(13)25-16/h3-10H,2H2,1H3. The van der Waals surface area contributed by atoms with Crippen LogP contribution in [0.25, 0.3) is 11.1 Å². The van der Waals surface area contributed by atoms with E-state index in [1.807, 2.05) is 0 Å². The molecule has 128 valence electrons. The van der Waals surface area contributed by atoms with Gasteiger partial charge in [-0.15, -0.1) is 10.2 Å². The van der Waals surface area contributed by atoms with Crippen LogP contribution in [0.4, 0.5) is 14.5 Å². The number of esters is 1. The first-order valence-corrected chi connectivity index (χ1v) is 7.44. The number of alkyl halides is 2. The van der Waals surface area contributed by atoms with Crippen molar-refractivity contribution < 1.29 is 22.7 Å². The van der Waals surface area contributed by atoms with Crippen molar-refractivity contribution in [3.8, 4) is 0 Å². The zero-order valence-electron chi connectivity index (χ0n) is 13.1. The van der Waals surface area contributed by atoms with E-state index in [9.17, 15) is 13.6 Å². The average Bonchev–Trinajstić information content (AvgIpc) is 3.06. The highest BCUT2D eigenvalue weighted by atomic mass is 19.3. The lowest BCUT2D eigenvalue weighted by atomic mass is 10.2. The van der Waals surface area contributed by atoms with Crippen molar-refractivity contribution in [3.63, 3.8) is 0 Å². The van der Waals surface area contributed by atoms with E-state index in [2.05, 4.69) is 15.2 Å². The van der Waals surface area contributed by atoms with Gasteiger partial charge in [0.1, 0.15) is 5.52 Å². The van der Waals surface area contributed by atoms with Gasteiger partial charge in [-0.3, -0.25) is 0 Å². The molecule has 2 aromatic carbocycles. The maximum absolute atomic E-state index is 14.2. The maximum Gasteiger partial charge on any atom is 0.436 e. The summed E-state index contributed by atoms with van der Waals surface area (Å²) in [6, 6.07) is 8.53. The molecule has 0 saturated heterocycles. The number of aromatic nitrogens is 1. The van der Waals surface area contributed by atoms with Crippen LogP contribution in [0.5, 0.6) is 0 Å². The van der Waals surface area contributed by atoms with Gasteiger partial charge in [0, 0.05) is 0 Å². The van der Waals surface area contributed by atoms with Crippen LogP contribution >= 0.6 is 0 Å². The van der Waals surface area contributed by atoms with Gasteiger partial charge in [0.2, 0.25) is 0 Å². The van der Waals surface area contributed by atoms with Crippen molar-refractivity contribution in [2.45, 2.75) is 13.0 Å². The summed E-state index contributed by atoms with van der Waals surface area (Å²) in [6.45, 7) is 1.80. The summed E-state index contributed by atoms with van der Waals surface area (Å²) in [5.41, 5.74) is 0.525. The second kappa shape index (κ2) is 6.76. The molecule has 0 N–H and O–H groups in total. The fourth-order valence-electron chi connectivity index (χ4n) is 2.10. The summed E-state index contributed by atoms with van der Waals surface area (Å²) in [5, 5.41) is 6.52. The molecule has 0 unspecified atom stereocenters. The van der Waals surface area contributed by atoms with E-state index in [0.717, 1.165) is 0 Å². The first kappa shape index (κ1) is 16.7. The van der Waals surface area contributed by atoms with Gasteiger partial charge in [0.05, 0.1) is 17.9 Å². The van der Waals surface area contributed by atoms with Crippen molar-refractivity contribution >= 4 is 22.8 Å². The van der Waals surface area contributed by atoms with E-state index in [0.29, 0.717) is 5.52 Å². The molecule has 0 saturated carbocycles. The number of azo groups is 1. The van der Waals surface area contributed by atoms with Crippen LogP contribution in [0, 0.1) is 0 Å². The number of rotatable bonds is 5. The molecule has 0 bridgehead atoms. The van der Waals surface area contributed by atoms with Gasteiger partial charge >= 0.3 is 12.0 Å². The largest absolute Gasteiger partial charge is 0.462 e.